The van der Waals surface area contributed by atoms with E-state index in [1.54, 1.807) is 18.6 Å². The fourth-order valence-corrected chi connectivity index (χ4v) is 1.87. The smallest absolute Gasteiger partial charge is 0.263 e. The molecule has 0 aromatic carbocycles. The van der Waals surface area contributed by atoms with E-state index < -0.39 is 0 Å². The Labute approximate surface area is 104 Å². The lowest BCUT2D eigenvalue weighted by Gasteiger charge is -2.07. The molecule has 0 aliphatic rings. The molecule has 5 nitrogen and oxygen atoms in total. The molecule has 0 aliphatic heterocycles. The Hall–Kier alpha value is -1.40. The van der Waals surface area contributed by atoms with E-state index in [1.807, 2.05) is 0 Å². The van der Waals surface area contributed by atoms with Crippen molar-refractivity contribution in [2.45, 2.75) is 36.2 Å². The van der Waals surface area contributed by atoms with Gasteiger partial charge < -0.3 is 10.2 Å². The maximum atomic E-state index is 5.87. The number of aromatic nitrogens is 3. The molecule has 90 valence electrons. The first-order valence-electron chi connectivity index (χ1n) is 5.41. The van der Waals surface area contributed by atoms with Crippen molar-refractivity contribution < 1.29 is 4.42 Å². The van der Waals surface area contributed by atoms with Gasteiger partial charge in [0.25, 0.3) is 5.22 Å². The fraction of sp³-hybridized carbons (Fsp3) is 0.364. The van der Waals surface area contributed by atoms with Crippen LogP contribution in [-0.2, 0) is 6.42 Å². The first kappa shape index (κ1) is 12.1. The molecule has 2 rings (SSSR count). The van der Waals surface area contributed by atoms with Crippen LogP contribution < -0.4 is 5.73 Å². The minimum Gasteiger partial charge on any atom is -0.440 e. The zero-order valence-corrected chi connectivity index (χ0v) is 10.4. The highest BCUT2D eigenvalue weighted by atomic mass is 32.2. The average molecular weight is 250 g/mol. The zero-order chi connectivity index (χ0) is 12.1. The summed E-state index contributed by atoms with van der Waals surface area (Å²) in [4.78, 5) is 12.5. The second kappa shape index (κ2) is 5.79. The second-order valence-electron chi connectivity index (χ2n) is 3.65. The monoisotopic (exact) mass is 250 g/mol. The van der Waals surface area contributed by atoms with Crippen LogP contribution >= 0.6 is 11.8 Å². The van der Waals surface area contributed by atoms with E-state index in [-0.39, 0.29) is 6.04 Å². The van der Waals surface area contributed by atoms with Crippen molar-refractivity contribution in [3.63, 3.8) is 0 Å². The summed E-state index contributed by atoms with van der Waals surface area (Å²) in [6.45, 7) is 2.07. The third-order valence-corrected chi connectivity index (χ3v) is 3.06. The quantitative estimate of drug-likeness (QED) is 0.816. The molecule has 0 radical (unpaired) electrons. The van der Waals surface area contributed by atoms with E-state index in [1.165, 1.54) is 18.0 Å². The summed E-state index contributed by atoms with van der Waals surface area (Å²) in [5.74, 6) is 0. The molecule has 1 atom stereocenters. The first-order valence-corrected chi connectivity index (χ1v) is 6.23. The SMILES string of the molecule is CCC(N)Cc1cnc(Sc2ncco2)nc1. The Balaban J connectivity index is 1.98. The summed E-state index contributed by atoms with van der Waals surface area (Å²) in [6.07, 6.45) is 8.47. The van der Waals surface area contributed by atoms with E-state index in [9.17, 15) is 0 Å². The fourth-order valence-electron chi connectivity index (χ4n) is 1.29. The van der Waals surface area contributed by atoms with Crippen molar-refractivity contribution in [2.24, 2.45) is 5.73 Å². The molecular weight excluding hydrogens is 236 g/mol. The Morgan fingerprint density at radius 2 is 2.12 bits per heavy atom. The van der Waals surface area contributed by atoms with Crippen LogP contribution in [0.2, 0.25) is 0 Å². The number of rotatable bonds is 5. The third-order valence-electron chi connectivity index (χ3n) is 2.29. The predicted molar refractivity (Wildman–Crippen MR) is 64.6 cm³/mol. The van der Waals surface area contributed by atoms with Gasteiger partial charge in [0.05, 0.1) is 6.20 Å². The highest BCUT2D eigenvalue weighted by molar-refractivity contribution is 7.98. The van der Waals surface area contributed by atoms with Gasteiger partial charge in [0.1, 0.15) is 6.26 Å². The molecule has 0 aliphatic carbocycles. The van der Waals surface area contributed by atoms with Gasteiger partial charge in [0, 0.05) is 30.2 Å². The number of nitrogens with zero attached hydrogens (tertiary/aromatic N) is 3. The van der Waals surface area contributed by atoms with Gasteiger partial charge in [-0.3, -0.25) is 0 Å². The topological polar surface area (TPSA) is 77.8 Å². The van der Waals surface area contributed by atoms with Crippen LogP contribution in [0, 0.1) is 0 Å². The maximum absolute atomic E-state index is 5.87. The van der Waals surface area contributed by atoms with Crippen molar-refractivity contribution in [3.8, 4) is 0 Å². The molecule has 0 spiro atoms. The van der Waals surface area contributed by atoms with Crippen LogP contribution in [0.4, 0.5) is 0 Å². The highest BCUT2D eigenvalue weighted by Gasteiger charge is 2.06. The Kier molecular flexibility index (Phi) is 4.11. The van der Waals surface area contributed by atoms with Gasteiger partial charge in [-0.25, -0.2) is 15.0 Å². The molecule has 2 N–H and O–H groups in total. The van der Waals surface area contributed by atoms with Crippen molar-refractivity contribution in [3.05, 3.63) is 30.4 Å². The molecule has 2 heterocycles. The van der Waals surface area contributed by atoms with Crippen LogP contribution in [0.25, 0.3) is 0 Å². The number of oxazole rings is 1. The maximum Gasteiger partial charge on any atom is 0.263 e. The van der Waals surface area contributed by atoms with E-state index in [2.05, 4.69) is 21.9 Å². The minimum atomic E-state index is 0.170. The van der Waals surface area contributed by atoms with E-state index in [0.717, 1.165) is 18.4 Å². The third kappa shape index (κ3) is 3.54. The van der Waals surface area contributed by atoms with Crippen molar-refractivity contribution >= 4 is 11.8 Å². The molecule has 6 heteroatoms. The largest absolute Gasteiger partial charge is 0.440 e. The van der Waals surface area contributed by atoms with Gasteiger partial charge in [-0.1, -0.05) is 6.92 Å². The number of hydrogen-bond acceptors (Lipinski definition) is 6. The molecule has 1 unspecified atom stereocenters. The van der Waals surface area contributed by atoms with E-state index in [0.29, 0.717) is 10.4 Å². The summed E-state index contributed by atoms with van der Waals surface area (Å²) < 4.78 is 5.10. The predicted octanol–water partition coefficient (Wildman–Crippen LogP) is 1.90. The van der Waals surface area contributed by atoms with Gasteiger partial charge in [-0.05, 0) is 18.4 Å². The summed E-state index contributed by atoms with van der Waals surface area (Å²) in [7, 11) is 0. The van der Waals surface area contributed by atoms with Crippen molar-refractivity contribution in [1.82, 2.24) is 15.0 Å². The molecular formula is C11H14N4OS. The molecule has 17 heavy (non-hydrogen) atoms. The van der Waals surface area contributed by atoms with Crippen LogP contribution in [-0.4, -0.2) is 21.0 Å². The first-order chi connectivity index (χ1) is 8.28. The Morgan fingerprint density at radius 3 is 2.71 bits per heavy atom. The Morgan fingerprint density at radius 1 is 1.35 bits per heavy atom. The lowest BCUT2D eigenvalue weighted by molar-refractivity contribution is 0.453. The van der Waals surface area contributed by atoms with Gasteiger partial charge in [0.2, 0.25) is 0 Å². The zero-order valence-electron chi connectivity index (χ0n) is 9.54. The molecule has 0 saturated carbocycles. The van der Waals surface area contributed by atoms with Crippen LogP contribution in [0.5, 0.6) is 0 Å². The lowest BCUT2D eigenvalue weighted by atomic mass is 10.1. The molecule has 2 aromatic rings. The second-order valence-corrected chi connectivity index (χ2v) is 4.56. The van der Waals surface area contributed by atoms with Gasteiger partial charge in [0.15, 0.2) is 5.16 Å². The van der Waals surface area contributed by atoms with Crippen LogP contribution in [0.3, 0.4) is 0 Å². The van der Waals surface area contributed by atoms with Crippen LogP contribution in [0.15, 0.2) is 39.7 Å². The summed E-state index contributed by atoms with van der Waals surface area (Å²) in [5, 5.41) is 1.17. The number of hydrogen-bond donors (Lipinski definition) is 1. The van der Waals surface area contributed by atoms with E-state index in [4.69, 9.17) is 10.2 Å². The summed E-state index contributed by atoms with van der Waals surface area (Å²) in [6, 6.07) is 0.170. The standard InChI is InChI=1S/C11H14N4OS/c1-2-9(12)5-8-6-14-10(15-7-8)17-11-13-3-4-16-11/h3-4,6-7,9H,2,5,12H2,1H3. The van der Waals surface area contributed by atoms with Crippen molar-refractivity contribution in [1.29, 1.82) is 0 Å². The van der Waals surface area contributed by atoms with Gasteiger partial charge in [-0.2, -0.15) is 0 Å². The van der Waals surface area contributed by atoms with Crippen molar-refractivity contribution in [2.75, 3.05) is 0 Å². The van der Waals surface area contributed by atoms with Gasteiger partial charge in [-0.15, -0.1) is 0 Å². The summed E-state index contributed by atoms with van der Waals surface area (Å²) in [5.41, 5.74) is 6.92. The minimum absolute atomic E-state index is 0.170. The normalized spacial score (nSPS) is 12.6. The molecule has 0 amide bonds. The molecule has 2 aromatic heterocycles. The highest BCUT2D eigenvalue weighted by Crippen LogP contribution is 2.21. The molecule has 0 saturated heterocycles. The summed E-state index contributed by atoms with van der Waals surface area (Å²) >= 11 is 1.30. The lowest BCUT2D eigenvalue weighted by Crippen LogP contribution is -2.21. The Bertz CT molecular complexity index is 443. The molecule has 0 fully saturated rings. The van der Waals surface area contributed by atoms with E-state index >= 15 is 0 Å². The average Bonchev–Trinajstić information content (AvgIpc) is 2.84. The van der Waals surface area contributed by atoms with Crippen LogP contribution in [0.1, 0.15) is 18.9 Å². The molecule has 0 bridgehead atoms. The van der Waals surface area contributed by atoms with Gasteiger partial charge >= 0.3 is 0 Å². The number of nitrogens with two attached hydrogens (primary N) is 1.